The fraction of sp³-hybridized carbons (Fsp3) is 0.150. The van der Waals surface area contributed by atoms with E-state index in [0.29, 0.717) is 5.13 Å². The molecule has 0 radical (unpaired) electrons. The number of aromatic nitrogens is 2. The zero-order valence-corrected chi connectivity index (χ0v) is 15.6. The van der Waals surface area contributed by atoms with Crippen LogP contribution in [-0.2, 0) is 11.2 Å². The summed E-state index contributed by atoms with van der Waals surface area (Å²) >= 11 is 1.40. The van der Waals surface area contributed by atoms with E-state index in [9.17, 15) is 13.6 Å². The standard InChI is InChI=1S/C20H15F2N3O2S/c1-11-5-6-14-16(9-11)28-20(24-14)25-17(26)7-8-18-23-10-15(27-18)19-12(21)3-2-4-13(19)22/h2-6,9-10H,7-8H2,1H3,(H,24,25,26). The second-order valence-corrected chi connectivity index (χ2v) is 7.28. The number of anilines is 1. The third-order valence-corrected chi connectivity index (χ3v) is 5.05. The summed E-state index contributed by atoms with van der Waals surface area (Å²) in [5.74, 6) is -1.48. The van der Waals surface area contributed by atoms with Crippen LogP contribution in [0.1, 0.15) is 17.9 Å². The molecule has 2 aromatic carbocycles. The molecule has 1 amide bonds. The van der Waals surface area contributed by atoms with Crippen molar-refractivity contribution in [3.05, 3.63) is 65.7 Å². The van der Waals surface area contributed by atoms with Crippen molar-refractivity contribution in [3.63, 3.8) is 0 Å². The number of nitrogens with one attached hydrogen (secondary N) is 1. The van der Waals surface area contributed by atoms with Gasteiger partial charge in [0.1, 0.15) is 11.6 Å². The SMILES string of the molecule is Cc1ccc2nc(NC(=O)CCc3ncc(-c4c(F)cccc4F)o3)sc2c1. The summed E-state index contributed by atoms with van der Waals surface area (Å²) in [5, 5.41) is 3.28. The molecule has 4 rings (SSSR count). The minimum atomic E-state index is -0.730. The second kappa shape index (κ2) is 7.47. The molecule has 0 aliphatic carbocycles. The zero-order chi connectivity index (χ0) is 19.7. The van der Waals surface area contributed by atoms with E-state index >= 15 is 0 Å². The van der Waals surface area contributed by atoms with Gasteiger partial charge in [-0.3, -0.25) is 4.79 Å². The van der Waals surface area contributed by atoms with Crippen molar-refractivity contribution in [1.82, 2.24) is 9.97 Å². The predicted molar refractivity (Wildman–Crippen MR) is 103 cm³/mol. The summed E-state index contributed by atoms with van der Waals surface area (Å²) in [6, 6.07) is 9.46. The first-order chi connectivity index (χ1) is 13.5. The highest BCUT2D eigenvalue weighted by atomic mass is 32.1. The number of amides is 1. The van der Waals surface area contributed by atoms with Crippen LogP contribution in [0.15, 0.2) is 47.0 Å². The Kier molecular flexibility index (Phi) is 4.87. The van der Waals surface area contributed by atoms with Gasteiger partial charge in [-0.05, 0) is 36.8 Å². The Labute approximate surface area is 163 Å². The number of oxazole rings is 1. The van der Waals surface area contributed by atoms with E-state index < -0.39 is 11.6 Å². The Balaban J connectivity index is 1.40. The van der Waals surface area contributed by atoms with Crippen LogP contribution in [0, 0.1) is 18.6 Å². The number of fused-ring (bicyclic) bond motifs is 1. The van der Waals surface area contributed by atoms with Crippen molar-refractivity contribution in [2.24, 2.45) is 0 Å². The van der Waals surface area contributed by atoms with Gasteiger partial charge < -0.3 is 9.73 Å². The molecule has 0 aliphatic rings. The fourth-order valence-corrected chi connectivity index (χ4v) is 3.74. The third kappa shape index (κ3) is 3.77. The number of nitrogens with zero attached hydrogens (tertiary/aromatic N) is 2. The molecule has 0 bridgehead atoms. The lowest BCUT2D eigenvalue weighted by Crippen LogP contribution is -2.12. The van der Waals surface area contributed by atoms with Gasteiger partial charge in [-0.2, -0.15) is 0 Å². The van der Waals surface area contributed by atoms with Gasteiger partial charge in [-0.15, -0.1) is 0 Å². The van der Waals surface area contributed by atoms with Crippen LogP contribution < -0.4 is 5.32 Å². The first-order valence-corrected chi connectivity index (χ1v) is 9.37. The smallest absolute Gasteiger partial charge is 0.226 e. The number of thiazole rings is 1. The molecule has 0 unspecified atom stereocenters. The van der Waals surface area contributed by atoms with E-state index in [1.54, 1.807) is 0 Å². The van der Waals surface area contributed by atoms with Gasteiger partial charge in [0.2, 0.25) is 5.91 Å². The molecule has 0 saturated heterocycles. The summed E-state index contributed by atoms with van der Waals surface area (Å²) < 4.78 is 34.0. The van der Waals surface area contributed by atoms with Gasteiger partial charge in [0, 0.05) is 12.8 Å². The Morgan fingerprint density at radius 3 is 2.79 bits per heavy atom. The number of carbonyl (C=O) groups is 1. The normalized spacial score (nSPS) is 11.1. The predicted octanol–water partition coefficient (Wildman–Crippen LogP) is 5.11. The molecule has 4 aromatic rings. The van der Waals surface area contributed by atoms with E-state index in [1.165, 1.54) is 23.6 Å². The largest absolute Gasteiger partial charge is 0.441 e. The first kappa shape index (κ1) is 18.2. The summed E-state index contributed by atoms with van der Waals surface area (Å²) in [6.07, 6.45) is 1.56. The highest BCUT2D eigenvalue weighted by Crippen LogP contribution is 2.28. The number of aryl methyl sites for hydroxylation is 2. The molecule has 28 heavy (non-hydrogen) atoms. The minimum Gasteiger partial charge on any atom is -0.441 e. The monoisotopic (exact) mass is 399 g/mol. The molecular formula is C20H15F2N3O2S. The molecule has 0 saturated carbocycles. The van der Waals surface area contributed by atoms with Gasteiger partial charge >= 0.3 is 0 Å². The van der Waals surface area contributed by atoms with E-state index in [-0.39, 0.29) is 36.0 Å². The molecule has 2 heterocycles. The highest BCUT2D eigenvalue weighted by Gasteiger charge is 2.16. The average molecular weight is 399 g/mol. The van der Waals surface area contributed by atoms with Crippen LogP contribution in [0.5, 0.6) is 0 Å². The molecule has 0 atom stereocenters. The number of halogens is 2. The van der Waals surface area contributed by atoms with E-state index in [1.807, 2.05) is 25.1 Å². The molecule has 0 spiro atoms. The van der Waals surface area contributed by atoms with Crippen molar-refractivity contribution < 1.29 is 18.0 Å². The lowest BCUT2D eigenvalue weighted by molar-refractivity contribution is -0.116. The number of hydrogen-bond acceptors (Lipinski definition) is 5. The number of carbonyl (C=O) groups excluding carboxylic acids is 1. The van der Waals surface area contributed by atoms with Crippen molar-refractivity contribution in [1.29, 1.82) is 0 Å². The van der Waals surface area contributed by atoms with Crippen LogP contribution in [0.25, 0.3) is 21.5 Å². The molecule has 142 valence electrons. The Hall–Kier alpha value is -3.13. The fourth-order valence-electron chi connectivity index (χ4n) is 2.76. The van der Waals surface area contributed by atoms with Crippen molar-refractivity contribution in [3.8, 4) is 11.3 Å². The maximum Gasteiger partial charge on any atom is 0.226 e. The molecule has 0 aliphatic heterocycles. The topological polar surface area (TPSA) is 68.0 Å². The summed E-state index contributed by atoms with van der Waals surface area (Å²) in [6.45, 7) is 2.00. The van der Waals surface area contributed by atoms with Gasteiger partial charge in [-0.1, -0.05) is 23.5 Å². The number of hydrogen-bond donors (Lipinski definition) is 1. The Morgan fingerprint density at radius 1 is 1.21 bits per heavy atom. The minimum absolute atomic E-state index is 0.00690. The summed E-state index contributed by atoms with van der Waals surface area (Å²) in [7, 11) is 0. The summed E-state index contributed by atoms with van der Waals surface area (Å²) in [5.41, 5.74) is 1.69. The van der Waals surface area contributed by atoms with Crippen LogP contribution in [0.2, 0.25) is 0 Å². The van der Waals surface area contributed by atoms with Gasteiger partial charge in [0.25, 0.3) is 0 Å². The first-order valence-electron chi connectivity index (χ1n) is 8.56. The molecule has 2 aromatic heterocycles. The Bertz CT molecular complexity index is 1150. The zero-order valence-electron chi connectivity index (χ0n) is 14.8. The maximum atomic E-state index is 13.8. The summed E-state index contributed by atoms with van der Waals surface area (Å²) in [4.78, 5) is 20.6. The molecular weight excluding hydrogens is 384 g/mol. The molecule has 5 nitrogen and oxygen atoms in total. The van der Waals surface area contributed by atoms with Crippen molar-refractivity contribution in [2.75, 3.05) is 5.32 Å². The van der Waals surface area contributed by atoms with Crippen molar-refractivity contribution in [2.45, 2.75) is 19.8 Å². The van der Waals surface area contributed by atoms with E-state index in [0.717, 1.165) is 27.9 Å². The number of benzene rings is 2. The highest BCUT2D eigenvalue weighted by molar-refractivity contribution is 7.22. The maximum absolute atomic E-state index is 13.8. The van der Waals surface area contributed by atoms with Gasteiger partial charge in [0.05, 0.1) is 22.0 Å². The second-order valence-electron chi connectivity index (χ2n) is 6.25. The lowest BCUT2D eigenvalue weighted by atomic mass is 10.1. The van der Waals surface area contributed by atoms with Gasteiger partial charge in [-0.25, -0.2) is 18.7 Å². The van der Waals surface area contributed by atoms with E-state index in [2.05, 4.69) is 15.3 Å². The quantitative estimate of drug-likeness (QED) is 0.506. The molecule has 1 N–H and O–H groups in total. The van der Waals surface area contributed by atoms with Crippen LogP contribution in [0.3, 0.4) is 0 Å². The average Bonchev–Trinajstić information content (AvgIpc) is 3.26. The van der Waals surface area contributed by atoms with Crippen LogP contribution in [0.4, 0.5) is 13.9 Å². The molecule has 0 fully saturated rings. The van der Waals surface area contributed by atoms with Crippen LogP contribution >= 0.6 is 11.3 Å². The van der Waals surface area contributed by atoms with Crippen molar-refractivity contribution >= 4 is 32.6 Å². The van der Waals surface area contributed by atoms with Gasteiger partial charge in [0.15, 0.2) is 16.8 Å². The van der Waals surface area contributed by atoms with Crippen LogP contribution in [-0.4, -0.2) is 15.9 Å². The van der Waals surface area contributed by atoms with E-state index in [4.69, 9.17) is 4.42 Å². The lowest BCUT2D eigenvalue weighted by Gasteiger charge is -2.01. The Morgan fingerprint density at radius 2 is 2.00 bits per heavy atom. The third-order valence-electron chi connectivity index (χ3n) is 4.12. The number of rotatable bonds is 5. The molecule has 8 heteroatoms.